The van der Waals surface area contributed by atoms with Gasteiger partial charge in [0.2, 0.25) is 0 Å². The number of esters is 2. The normalized spacial score (nSPS) is 24.3. The molecule has 0 radical (unpaired) electrons. The molecule has 13 heteroatoms. The molecular weight excluding hydrogens is 596 g/mol. The fourth-order valence-electron chi connectivity index (χ4n) is 7.99. The van der Waals surface area contributed by atoms with Crippen molar-refractivity contribution in [1.29, 1.82) is 0 Å². The number of nitrogens with zero attached hydrogens (tertiary/aromatic N) is 2. The molecule has 2 aliphatic rings. The molecule has 0 amide bonds. The maximum Gasteiger partial charge on any atom is 0.306 e. The average Bonchev–Trinajstić information content (AvgIpc) is 3.07. The van der Waals surface area contributed by atoms with Crippen LogP contribution in [0.4, 0.5) is 22.7 Å². The molecule has 0 aliphatic heterocycles. The van der Waals surface area contributed by atoms with Crippen LogP contribution in [-0.4, -0.2) is 55.9 Å². The molecule has 46 heavy (non-hydrogen) atoms. The van der Waals surface area contributed by atoms with Crippen LogP contribution in [0.2, 0.25) is 0 Å². The lowest BCUT2D eigenvalue weighted by molar-refractivity contribution is -0.384. The lowest BCUT2D eigenvalue weighted by atomic mass is 9.49. The van der Waals surface area contributed by atoms with Crippen LogP contribution >= 0.6 is 0 Å². The molecule has 2 aromatic rings. The predicted octanol–water partition coefficient (Wildman–Crippen LogP) is 6.27. The largest absolute Gasteiger partial charge is 0.469 e. The van der Waals surface area contributed by atoms with Gasteiger partial charge in [0, 0.05) is 37.1 Å². The number of carbonyl (C=O) groups excluding carboxylic acids is 3. The first-order chi connectivity index (χ1) is 22.0. The van der Waals surface area contributed by atoms with E-state index in [9.17, 15) is 29.8 Å². The number of ether oxygens (including phenoxy) is 2. The van der Waals surface area contributed by atoms with E-state index >= 15 is 4.79 Å². The third kappa shape index (κ3) is 6.40. The Morgan fingerprint density at radius 1 is 0.739 bits per heavy atom. The summed E-state index contributed by atoms with van der Waals surface area (Å²) < 4.78 is 10.3. The van der Waals surface area contributed by atoms with Gasteiger partial charge in [-0.05, 0) is 60.8 Å². The van der Waals surface area contributed by atoms with Gasteiger partial charge in [-0.15, -0.1) is 0 Å². The summed E-state index contributed by atoms with van der Waals surface area (Å²) in [6, 6.07) is 9.63. The lowest BCUT2D eigenvalue weighted by Crippen LogP contribution is -2.53. The Balaban J connectivity index is 1.98. The first-order valence-electron chi connectivity index (χ1n) is 15.6. The summed E-state index contributed by atoms with van der Waals surface area (Å²) >= 11 is 0. The van der Waals surface area contributed by atoms with E-state index in [-0.39, 0.29) is 30.0 Å². The van der Waals surface area contributed by atoms with Gasteiger partial charge in [-0.1, -0.05) is 37.8 Å². The number of nitro groups is 2. The molecule has 4 atom stereocenters. The van der Waals surface area contributed by atoms with Gasteiger partial charge in [-0.3, -0.25) is 34.6 Å². The van der Waals surface area contributed by atoms with Crippen LogP contribution in [0.1, 0.15) is 87.2 Å². The number of nitro benzene ring substituents is 2. The van der Waals surface area contributed by atoms with Crippen molar-refractivity contribution in [2.24, 2.45) is 10.8 Å². The summed E-state index contributed by atoms with van der Waals surface area (Å²) in [5, 5.41) is 29.7. The summed E-state index contributed by atoms with van der Waals surface area (Å²) in [7, 11) is 5.67. The van der Waals surface area contributed by atoms with Crippen LogP contribution in [0.15, 0.2) is 36.4 Å². The molecule has 13 nitrogen and oxygen atoms in total. The van der Waals surface area contributed by atoms with E-state index in [0.29, 0.717) is 61.0 Å². The quantitative estimate of drug-likeness (QED) is 0.152. The zero-order chi connectivity index (χ0) is 33.6. The van der Waals surface area contributed by atoms with Gasteiger partial charge in [0.15, 0.2) is 0 Å². The topological polar surface area (TPSA) is 180 Å². The minimum Gasteiger partial charge on any atom is -0.469 e. The summed E-state index contributed by atoms with van der Waals surface area (Å²) in [6.07, 6.45) is 3.74. The summed E-state index contributed by atoms with van der Waals surface area (Å²) in [6.45, 7) is 0. The molecule has 2 aliphatic carbocycles. The molecule has 2 saturated carbocycles. The molecular formula is C33H42N4O9. The Bertz CT molecular complexity index is 1400. The lowest BCUT2D eigenvalue weighted by Gasteiger charge is -2.51. The second-order valence-corrected chi connectivity index (χ2v) is 12.3. The number of methoxy groups -OCH3 is 2. The highest BCUT2D eigenvalue weighted by atomic mass is 16.6. The van der Waals surface area contributed by atoms with Crippen molar-refractivity contribution in [1.82, 2.24) is 0 Å². The van der Waals surface area contributed by atoms with Crippen molar-refractivity contribution in [3.63, 3.8) is 0 Å². The van der Waals surface area contributed by atoms with E-state index in [1.807, 2.05) is 0 Å². The molecule has 4 unspecified atom stereocenters. The molecule has 0 spiro atoms. The Morgan fingerprint density at radius 2 is 1.13 bits per heavy atom. The predicted molar refractivity (Wildman–Crippen MR) is 171 cm³/mol. The minimum atomic E-state index is -1.36. The number of hydrogen-bond donors (Lipinski definition) is 2. The fraction of sp³-hybridized carbons (Fsp3) is 0.545. The zero-order valence-electron chi connectivity index (χ0n) is 26.8. The number of carbonyl (C=O) groups is 3. The van der Waals surface area contributed by atoms with Crippen LogP contribution in [-0.2, 0) is 23.9 Å². The van der Waals surface area contributed by atoms with E-state index < -0.39 is 44.5 Å². The first-order valence-corrected chi connectivity index (χ1v) is 15.6. The Morgan fingerprint density at radius 3 is 1.46 bits per heavy atom. The molecule has 2 aromatic carbocycles. The average molecular weight is 639 g/mol. The molecule has 248 valence electrons. The minimum absolute atomic E-state index is 0.151. The molecule has 2 fully saturated rings. The molecule has 0 saturated heterocycles. The smallest absolute Gasteiger partial charge is 0.306 e. The fourth-order valence-corrected chi connectivity index (χ4v) is 7.99. The van der Waals surface area contributed by atoms with Gasteiger partial charge in [0.05, 0.1) is 36.9 Å². The maximum absolute atomic E-state index is 15.6. The van der Waals surface area contributed by atoms with Crippen molar-refractivity contribution >= 4 is 40.5 Å². The van der Waals surface area contributed by atoms with E-state index in [1.54, 1.807) is 38.4 Å². The van der Waals surface area contributed by atoms with Crippen LogP contribution in [0.5, 0.6) is 0 Å². The highest BCUT2D eigenvalue weighted by Crippen LogP contribution is 2.60. The molecule has 0 heterocycles. The van der Waals surface area contributed by atoms with Crippen molar-refractivity contribution in [3.05, 3.63) is 67.8 Å². The van der Waals surface area contributed by atoms with Crippen molar-refractivity contribution < 1.29 is 33.7 Å². The second kappa shape index (κ2) is 14.3. The Kier molecular flexibility index (Phi) is 10.6. The monoisotopic (exact) mass is 638 g/mol. The Hall–Kier alpha value is -4.55. The highest BCUT2D eigenvalue weighted by molar-refractivity contribution is 5.97. The van der Waals surface area contributed by atoms with Gasteiger partial charge in [0.25, 0.3) is 11.4 Å². The summed E-state index contributed by atoms with van der Waals surface area (Å²) in [5.74, 6) is -2.68. The Labute approximate surface area is 267 Å². The second-order valence-electron chi connectivity index (χ2n) is 12.3. The van der Waals surface area contributed by atoms with E-state index in [2.05, 4.69) is 10.6 Å². The number of benzene rings is 2. The van der Waals surface area contributed by atoms with Gasteiger partial charge in [0.1, 0.15) is 17.2 Å². The van der Waals surface area contributed by atoms with Gasteiger partial charge in [-0.2, -0.15) is 0 Å². The number of rotatable bonds is 12. The number of hydrogen-bond acceptors (Lipinski definition) is 11. The van der Waals surface area contributed by atoms with Crippen molar-refractivity contribution in [2.75, 3.05) is 38.9 Å². The van der Waals surface area contributed by atoms with Crippen LogP contribution in [0.25, 0.3) is 0 Å². The van der Waals surface area contributed by atoms with Crippen molar-refractivity contribution in [3.8, 4) is 0 Å². The SMILES string of the molecule is CNc1ccc(C2CCCCC2(CC(=O)OC)C(=O)C2(CC(=O)OC)CCCCC2c2ccc(NC)c([N+](=O)[O-])c2)cc1[N+](=O)[O-]. The van der Waals surface area contributed by atoms with Crippen LogP contribution in [0.3, 0.4) is 0 Å². The molecule has 0 bridgehead atoms. The van der Waals surface area contributed by atoms with Gasteiger partial charge < -0.3 is 20.1 Å². The molecule has 2 N–H and O–H groups in total. The standard InChI is InChI=1S/C33H42N4O9/c1-34-25-13-11-21(17-27(25)36(41)42)23-9-5-7-15-32(23,19-29(38)45-3)31(40)33(20-30(39)46-4)16-8-6-10-24(33)22-12-14-26(35-2)28(18-22)37(43)44/h11-14,17-18,23-24,34-35H,5-10,15-16,19-20H2,1-4H3. The van der Waals surface area contributed by atoms with Crippen LogP contribution in [0, 0.1) is 31.1 Å². The number of Topliss-reactive ketones (excluding diaryl/α,β-unsaturated/α-hetero) is 1. The maximum atomic E-state index is 15.6. The van der Waals surface area contributed by atoms with E-state index in [4.69, 9.17) is 9.47 Å². The van der Waals surface area contributed by atoms with Gasteiger partial charge in [-0.25, -0.2) is 0 Å². The zero-order valence-corrected chi connectivity index (χ0v) is 26.8. The van der Waals surface area contributed by atoms with Crippen LogP contribution < -0.4 is 10.6 Å². The number of ketones is 1. The van der Waals surface area contributed by atoms with Gasteiger partial charge >= 0.3 is 11.9 Å². The summed E-state index contributed by atoms with van der Waals surface area (Å²) in [5.41, 5.74) is -1.29. The molecule has 0 aromatic heterocycles. The third-order valence-electron chi connectivity index (χ3n) is 10.1. The van der Waals surface area contributed by atoms with Crippen molar-refractivity contribution in [2.45, 2.75) is 76.0 Å². The van der Waals surface area contributed by atoms with E-state index in [0.717, 1.165) is 12.8 Å². The van der Waals surface area contributed by atoms with E-state index in [1.165, 1.54) is 26.4 Å². The highest BCUT2D eigenvalue weighted by Gasteiger charge is 2.60. The first kappa shape index (κ1) is 34.3. The molecule has 4 rings (SSSR count). The third-order valence-corrected chi connectivity index (χ3v) is 10.1. The number of anilines is 2. The summed E-state index contributed by atoms with van der Waals surface area (Å²) in [4.78, 5) is 65.1. The number of nitrogens with one attached hydrogen (secondary N) is 2.